The molecule has 1 N–H and O–H groups in total. The summed E-state index contributed by atoms with van der Waals surface area (Å²) in [5.74, 6) is 0.515. The van der Waals surface area contributed by atoms with E-state index in [1.165, 1.54) is 0 Å². The molecule has 114 valence electrons. The number of ketones is 1. The summed E-state index contributed by atoms with van der Waals surface area (Å²) in [6.07, 6.45) is 5.13. The third-order valence-electron chi connectivity index (χ3n) is 3.43. The number of hydrogen-bond donors (Lipinski definition) is 1. The lowest BCUT2D eigenvalue weighted by Gasteiger charge is -2.09. The molecule has 0 saturated heterocycles. The molecule has 3 aromatic rings. The average molecular weight is 303 g/mol. The number of ether oxygens (including phenoxy) is 1. The van der Waals surface area contributed by atoms with E-state index < -0.39 is 0 Å². The van der Waals surface area contributed by atoms with Crippen LogP contribution in [0.25, 0.3) is 6.08 Å². The first-order chi connectivity index (χ1) is 11.3. The van der Waals surface area contributed by atoms with Crippen molar-refractivity contribution in [1.82, 2.24) is 4.98 Å². The van der Waals surface area contributed by atoms with Crippen molar-refractivity contribution in [3.8, 4) is 5.75 Å². The Hall–Kier alpha value is -3.07. The molecule has 0 atom stereocenters. The van der Waals surface area contributed by atoms with Crippen LogP contribution in [0.3, 0.4) is 0 Å². The highest BCUT2D eigenvalue weighted by Crippen LogP contribution is 2.20. The van der Waals surface area contributed by atoms with E-state index >= 15 is 0 Å². The van der Waals surface area contributed by atoms with Gasteiger partial charge in [0.05, 0.1) is 5.56 Å². The van der Waals surface area contributed by atoms with Gasteiger partial charge in [0.2, 0.25) is 0 Å². The molecule has 1 heterocycles. The van der Waals surface area contributed by atoms with Gasteiger partial charge in [0.25, 0.3) is 0 Å². The normalized spacial score (nSPS) is 10.8. The molecular formula is C20H17NO2. The van der Waals surface area contributed by atoms with Crippen LogP contribution in [0.1, 0.15) is 21.6 Å². The minimum Gasteiger partial charge on any atom is -0.488 e. The second-order valence-corrected chi connectivity index (χ2v) is 5.09. The third-order valence-corrected chi connectivity index (χ3v) is 3.43. The van der Waals surface area contributed by atoms with Crippen molar-refractivity contribution in [1.29, 1.82) is 0 Å². The molecule has 0 radical (unpaired) electrons. The number of carbonyl (C=O) groups is 1. The molecule has 0 aliphatic carbocycles. The van der Waals surface area contributed by atoms with Crippen LogP contribution in [0.5, 0.6) is 5.75 Å². The van der Waals surface area contributed by atoms with Crippen molar-refractivity contribution < 1.29 is 9.53 Å². The van der Waals surface area contributed by atoms with E-state index in [2.05, 4.69) is 4.98 Å². The average Bonchev–Trinajstić information content (AvgIpc) is 3.12. The number of H-pyrrole nitrogens is 1. The molecule has 3 rings (SSSR count). The predicted molar refractivity (Wildman–Crippen MR) is 91.4 cm³/mol. The summed E-state index contributed by atoms with van der Waals surface area (Å²) in [5, 5.41) is 0. The summed E-state index contributed by atoms with van der Waals surface area (Å²) in [6, 6.07) is 21.0. The first kappa shape index (κ1) is 14.9. The maximum Gasteiger partial charge on any atom is 0.189 e. The molecule has 0 unspecified atom stereocenters. The van der Waals surface area contributed by atoms with Gasteiger partial charge in [-0.1, -0.05) is 42.5 Å². The minimum atomic E-state index is -0.0803. The molecule has 0 amide bonds. The van der Waals surface area contributed by atoms with Crippen molar-refractivity contribution in [3.05, 3.63) is 95.8 Å². The topological polar surface area (TPSA) is 42.1 Å². The van der Waals surface area contributed by atoms with Crippen molar-refractivity contribution >= 4 is 11.9 Å². The largest absolute Gasteiger partial charge is 0.488 e. The van der Waals surface area contributed by atoms with Crippen LogP contribution in [0.4, 0.5) is 0 Å². The summed E-state index contributed by atoms with van der Waals surface area (Å²) in [6.45, 7) is 0.436. The Morgan fingerprint density at radius 1 is 0.957 bits per heavy atom. The molecule has 0 bridgehead atoms. The fourth-order valence-electron chi connectivity index (χ4n) is 2.23. The van der Waals surface area contributed by atoms with E-state index in [4.69, 9.17) is 4.74 Å². The molecule has 23 heavy (non-hydrogen) atoms. The number of aromatic nitrogens is 1. The minimum absolute atomic E-state index is 0.0803. The van der Waals surface area contributed by atoms with E-state index in [-0.39, 0.29) is 5.78 Å². The number of rotatable bonds is 6. The summed E-state index contributed by atoms with van der Waals surface area (Å²) < 4.78 is 5.82. The highest BCUT2D eigenvalue weighted by atomic mass is 16.5. The summed E-state index contributed by atoms with van der Waals surface area (Å²) in [5.41, 5.74) is 2.52. The van der Waals surface area contributed by atoms with Gasteiger partial charge in [0, 0.05) is 11.9 Å². The first-order valence-corrected chi connectivity index (χ1v) is 7.44. The number of allylic oxidation sites excluding steroid dienone is 1. The summed E-state index contributed by atoms with van der Waals surface area (Å²) >= 11 is 0. The van der Waals surface area contributed by atoms with Gasteiger partial charge in [0.15, 0.2) is 5.78 Å². The van der Waals surface area contributed by atoms with Gasteiger partial charge in [-0.2, -0.15) is 0 Å². The number of para-hydroxylation sites is 1. The Kier molecular flexibility index (Phi) is 4.69. The maximum absolute atomic E-state index is 12.4. The van der Waals surface area contributed by atoms with Crippen LogP contribution in [-0.4, -0.2) is 10.8 Å². The summed E-state index contributed by atoms with van der Waals surface area (Å²) in [4.78, 5) is 15.4. The predicted octanol–water partition coefficient (Wildman–Crippen LogP) is 4.49. The standard InChI is InChI=1S/C20H17NO2/c22-19(13-12-17-9-6-14-21-17)18-10-4-5-11-20(18)23-15-16-7-2-1-3-8-16/h1-14,21H,15H2/b13-12-. The van der Waals surface area contributed by atoms with E-state index in [1.807, 2.05) is 66.9 Å². The van der Waals surface area contributed by atoms with Crippen molar-refractivity contribution in [3.63, 3.8) is 0 Å². The SMILES string of the molecule is O=C(/C=C\c1ccc[nH]1)c1ccccc1OCc1ccccc1. The zero-order valence-corrected chi connectivity index (χ0v) is 12.6. The molecule has 0 saturated carbocycles. The van der Waals surface area contributed by atoms with Crippen LogP contribution in [0.15, 0.2) is 79.0 Å². The number of carbonyl (C=O) groups excluding carboxylic acids is 1. The highest BCUT2D eigenvalue weighted by Gasteiger charge is 2.09. The number of nitrogens with one attached hydrogen (secondary N) is 1. The van der Waals surface area contributed by atoms with E-state index in [0.29, 0.717) is 17.9 Å². The maximum atomic E-state index is 12.4. The Morgan fingerprint density at radius 3 is 2.52 bits per heavy atom. The number of benzene rings is 2. The first-order valence-electron chi connectivity index (χ1n) is 7.44. The number of hydrogen-bond acceptors (Lipinski definition) is 2. The molecular weight excluding hydrogens is 286 g/mol. The van der Waals surface area contributed by atoms with Gasteiger partial charge in [0.1, 0.15) is 12.4 Å². The lowest BCUT2D eigenvalue weighted by molar-refractivity contribution is 0.104. The monoisotopic (exact) mass is 303 g/mol. The molecule has 2 aromatic carbocycles. The molecule has 0 fully saturated rings. The molecule has 3 heteroatoms. The summed E-state index contributed by atoms with van der Waals surface area (Å²) in [7, 11) is 0. The smallest absolute Gasteiger partial charge is 0.189 e. The van der Waals surface area contributed by atoms with Crippen LogP contribution < -0.4 is 4.74 Å². The van der Waals surface area contributed by atoms with E-state index in [9.17, 15) is 4.79 Å². The van der Waals surface area contributed by atoms with Crippen LogP contribution in [-0.2, 0) is 6.61 Å². The van der Waals surface area contributed by atoms with Crippen molar-refractivity contribution in [2.45, 2.75) is 6.61 Å². The van der Waals surface area contributed by atoms with Crippen LogP contribution in [0, 0.1) is 0 Å². The second-order valence-electron chi connectivity index (χ2n) is 5.09. The van der Waals surface area contributed by atoms with Gasteiger partial charge in [-0.25, -0.2) is 0 Å². The van der Waals surface area contributed by atoms with Crippen LogP contribution >= 0.6 is 0 Å². The Balaban J connectivity index is 1.73. The van der Waals surface area contributed by atoms with Gasteiger partial charge in [-0.05, 0) is 42.0 Å². The van der Waals surface area contributed by atoms with Gasteiger partial charge in [-0.15, -0.1) is 0 Å². The lowest BCUT2D eigenvalue weighted by Crippen LogP contribution is -2.02. The highest BCUT2D eigenvalue weighted by molar-refractivity contribution is 6.08. The second kappa shape index (κ2) is 7.27. The van der Waals surface area contributed by atoms with Crippen LogP contribution in [0.2, 0.25) is 0 Å². The molecule has 1 aromatic heterocycles. The van der Waals surface area contributed by atoms with Gasteiger partial charge >= 0.3 is 0 Å². The van der Waals surface area contributed by atoms with Crippen molar-refractivity contribution in [2.75, 3.05) is 0 Å². The van der Waals surface area contributed by atoms with E-state index in [0.717, 1.165) is 11.3 Å². The zero-order valence-electron chi connectivity index (χ0n) is 12.6. The zero-order chi connectivity index (χ0) is 15.9. The molecule has 3 nitrogen and oxygen atoms in total. The molecule has 0 aliphatic heterocycles. The Labute approximate surface area is 135 Å². The van der Waals surface area contributed by atoms with Gasteiger partial charge < -0.3 is 9.72 Å². The molecule has 0 spiro atoms. The quantitative estimate of drug-likeness (QED) is 0.538. The fraction of sp³-hybridized carbons (Fsp3) is 0.0500. The van der Waals surface area contributed by atoms with Gasteiger partial charge in [-0.3, -0.25) is 4.79 Å². The van der Waals surface area contributed by atoms with Crippen molar-refractivity contribution in [2.24, 2.45) is 0 Å². The third kappa shape index (κ3) is 3.98. The Morgan fingerprint density at radius 2 is 1.74 bits per heavy atom. The lowest BCUT2D eigenvalue weighted by atomic mass is 10.1. The molecule has 0 aliphatic rings. The van der Waals surface area contributed by atoms with E-state index in [1.54, 1.807) is 18.2 Å². The Bertz CT molecular complexity index is 790. The fourth-order valence-corrected chi connectivity index (χ4v) is 2.23. The number of aromatic amines is 1.